The maximum Gasteiger partial charge on any atom is 0.335 e. The second-order valence-corrected chi connectivity index (χ2v) is 7.19. The molecule has 0 radical (unpaired) electrons. The number of rotatable bonds is 3. The molecule has 1 aliphatic rings. The van der Waals surface area contributed by atoms with Gasteiger partial charge in [-0.15, -0.1) is 11.8 Å². The highest BCUT2D eigenvalue weighted by Gasteiger charge is 2.30. The van der Waals surface area contributed by atoms with Gasteiger partial charge in [0.15, 0.2) is 11.6 Å². The molecule has 1 aliphatic heterocycles. The quantitative estimate of drug-likeness (QED) is 0.700. The number of fused-ring (bicyclic) bond motifs is 1. The molecule has 142 valence electrons. The molecule has 0 saturated carbocycles. The summed E-state index contributed by atoms with van der Waals surface area (Å²) in [7, 11) is 0. The van der Waals surface area contributed by atoms with Gasteiger partial charge in [-0.2, -0.15) is 5.10 Å². The number of nitrogens with zero attached hydrogens (tertiary/aromatic N) is 2. The second kappa shape index (κ2) is 7.08. The van der Waals surface area contributed by atoms with E-state index in [4.69, 9.17) is 5.11 Å². The van der Waals surface area contributed by atoms with Crippen LogP contribution in [-0.4, -0.2) is 32.5 Å². The molecule has 1 atom stereocenters. The fourth-order valence-electron chi connectivity index (χ4n) is 3.02. The first kappa shape index (κ1) is 18.2. The third-order valence-electron chi connectivity index (χ3n) is 4.34. The van der Waals surface area contributed by atoms with Crippen molar-refractivity contribution in [1.29, 1.82) is 0 Å². The van der Waals surface area contributed by atoms with E-state index >= 15 is 0 Å². The number of carboxylic acids is 1. The van der Waals surface area contributed by atoms with Crippen LogP contribution in [0.5, 0.6) is 0 Å². The molecule has 2 aromatic carbocycles. The Morgan fingerprint density at radius 2 is 1.93 bits per heavy atom. The van der Waals surface area contributed by atoms with E-state index in [2.05, 4.69) is 10.4 Å². The first-order valence-electron chi connectivity index (χ1n) is 8.22. The van der Waals surface area contributed by atoms with Crippen molar-refractivity contribution in [3.8, 4) is 5.69 Å². The van der Waals surface area contributed by atoms with Gasteiger partial charge in [-0.1, -0.05) is 12.1 Å². The van der Waals surface area contributed by atoms with Crippen LogP contribution in [-0.2, 0) is 4.79 Å². The van der Waals surface area contributed by atoms with Crippen molar-refractivity contribution in [2.24, 2.45) is 0 Å². The van der Waals surface area contributed by atoms with E-state index in [1.54, 1.807) is 12.1 Å². The van der Waals surface area contributed by atoms with E-state index in [0.29, 0.717) is 17.1 Å². The Balaban J connectivity index is 1.82. The lowest BCUT2D eigenvalue weighted by Gasteiger charge is -2.15. The zero-order chi connectivity index (χ0) is 19.8. The number of hydrogen-bond donors (Lipinski definition) is 2. The summed E-state index contributed by atoms with van der Waals surface area (Å²) in [6.45, 7) is 0. The average molecular weight is 401 g/mol. The van der Waals surface area contributed by atoms with Gasteiger partial charge in [-0.3, -0.25) is 4.79 Å². The molecule has 9 heteroatoms. The van der Waals surface area contributed by atoms with E-state index in [-0.39, 0.29) is 22.8 Å². The van der Waals surface area contributed by atoms with Crippen molar-refractivity contribution >= 4 is 29.5 Å². The predicted molar refractivity (Wildman–Crippen MR) is 99.8 cm³/mol. The number of carbonyl (C=O) groups is 2. The summed E-state index contributed by atoms with van der Waals surface area (Å²) in [4.78, 5) is 23.2. The highest BCUT2D eigenvalue weighted by molar-refractivity contribution is 8.00. The highest BCUT2D eigenvalue weighted by Crippen LogP contribution is 2.43. The molecule has 6 nitrogen and oxygen atoms in total. The summed E-state index contributed by atoms with van der Waals surface area (Å²) in [5.41, 5.74) is 1.30. The predicted octanol–water partition coefficient (Wildman–Crippen LogP) is 3.62. The number of nitrogens with one attached hydrogen (secondary N) is 1. The topological polar surface area (TPSA) is 84.2 Å². The van der Waals surface area contributed by atoms with E-state index in [0.717, 1.165) is 6.07 Å². The van der Waals surface area contributed by atoms with Gasteiger partial charge in [0.05, 0.1) is 28.5 Å². The molecule has 1 amide bonds. The minimum absolute atomic E-state index is 0.0628. The molecule has 0 unspecified atom stereocenters. The Bertz CT molecular complexity index is 1080. The molecule has 0 saturated heterocycles. The maximum atomic E-state index is 14.4. The summed E-state index contributed by atoms with van der Waals surface area (Å²) >= 11 is 1.18. The minimum atomic E-state index is -1.06. The van der Waals surface area contributed by atoms with E-state index < -0.39 is 22.9 Å². The van der Waals surface area contributed by atoms with E-state index in [1.807, 2.05) is 0 Å². The number of carbonyl (C=O) groups excluding carboxylic acids is 1. The Morgan fingerprint density at radius 1 is 1.18 bits per heavy atom. The Hall–Kier alpha value is -3.20. The molecular formula is C19H13F2N3O3S. The lowest BCUT2D eigenvalue weighted by molar-refractivity contribution is -0.113. The number of aromatic carboxylic acids is 1. The van der Waals surface area contributed by atoms with Crippen LogP contribution in [0.2, 0.25) is 0 Å². The van der Waals surface area contributed by atoms with Gasteiger partial charge in [-0.25, -0.2) is 18.3 Å². The second-order valence-electron chi connectivity index (χ2n) is 6.09. The van der Waals surface area contributed by atoms with Crippen molar-refractivity contribution in [2.45, 2.75) is 5.25 Å². The SMILES string of the molecule is O=C1CS[C@@H](c2cccc(F)c2F)c2cnn(-c3ccc(C(=O)O)cc3)c2N1. The molecule has 2 N–H and O–H groups in total. The molecule has 1 aromatic heterocycles. The lowest BCUT2D eigenvalue weighted by Crippen LogP contribution is -2.15. The molecule has 0 spiro atoms. The summed E-state index contributed by atoms with van der Waals surface area (Å²) in [6, 6.07) is 9.89. The van der Waals surface area contributed by atoms with Crippen molar-refractivity contribution in [1.82, 2.24) is 9.78 Å². The number of anilines is 1. The van der Waals surface area contributed by atoms with Gasteiger partial charge >= 0.3 is 5.97 Å². The fraction of sp³-hybridized carbons (Fsp3) is 0.105. The van der Waals surface area contributed by atoms with Crippen molar-refractivity contribution in [3.63, 3.8) is 0 Å². The normalized spacial score (nSPS) is 16.2. The smallest absolute Gasteiger partial charge is 0.335 e. The maximum absolute atomic E-state index is 14.4. The van der Waals surface area contributed by atoms with Gasteiger partial charge in [0, 0.05) is 11.1 Å². The van der Waals surface area contributed by atoms with Crippen LogP contribution in [0.3, 0.4) is 0 Å². The van der Waals surface area contributed by atoms with Gasteiger partial charge in [0.25, 0.3) is 0 Å². The molecule has 3 aromatic rings. The molecule has 28 heavy (non-hydrogen) atoms. The van der Waals surface area contributed by atoms with Crippen LogP contribution in [0.25, 0.3) is 5.69 Å². The summed E-state index contributed by atoms with van der Waals surface area (Å²) in [5, 5.41) is 15.4. The van der Waals surface area contributed by atoms with Gasteiger partial charge in [0.1, 0.15) is 5.82 Å². The number of halogens is 2. The minimum Gasteiger partial charge on any atom is -0.478 e. The van der Waals surface area contributed by atoms with Gasteiger partial charge in [0.2, 0.25) is 5.91 Å². The lowest BCUT2D eigenvalue weighted by atomic mass is 10.1. The van der Waals surface area contributed by atoms with E-state index in [1.165, 1.54) is 46.9 Å². The molecule has 4 rings (SSSR count). The first-order chi connectivity index (χ1) is 13.5. The molecule has 0 fully saturated rings. The standard InChI is InChI=1S/C19H13F2N3O3S/c20-14-3-1-2-12(16(14)21)17-13-8-22-24(18(13)23-15(25)9-28-17)11-6-4-10(5-7-11)19(26)27/h1-8,17H,9H2,(H,23,25)(H,26,27)/t17-/m0/s1. The van der Waals surface area contributed by atoms with Crippen LogP contribution < -0.4 is 5.32 Å². The molecule has 0 aliphatic carbocycles. The number of hydrogen-bond acceptors (Lipinski definition) is 4. The fourth-order valence-corrected chi connectivity index (χ4v) is 4.12. The number of thioether (sulfide) groups is 1. The number of amides is 1. The number of aromatic nitrogens is 2. The zero-order valence-electron chi connectivity index (χ0n) is 14.2. The van der Waals surface area contributed by atoms with Crippen molar-refractivity contribution < 1.29 is 23.5 Å². The molecule has 0 bridgehead atoms. The van der Waals surface area contributed by atoms with Crippen LogP contribution in [0, 0.1) is 11.6 Å². The Kier molecular flexibility index (Phi) is 4.60. The monoisotopic (exact) mass is 401 g/mol. The Labute approximate surface area is 162 Å². The summed E-state index contributed by atoms with van der Waals surface area (Å²) in [5.74, 6) is -2.87. The number of carboxylic acid groups (broad SMARTS) is 1. The third kappa shape index (κ3) is 3.13. The average Bonchev–Trinajstić information content (AvgIpc) is 3.01. The largest absolute Gasteiger partial charge is 0.478 e. The van der Waals surface area contributed by atoms with Gasteiger partial charge in [-0.05, 0) is 30.3 Å². The Morgan fingerprint density at radius 3 is 2.64 bits per heavy atom. The highest BCUT2D eigenvalue weighted by atomic mass is 32.2. The summed E-state index contributed by atoms with van der Waals surface area (Å²) < 4.78 is 29.5. The molecular weight excluding hydrogens is 388 g/mol. The summed E-state index contributed by atoms with van der Waals surface area (Å²) in [6.07, 6.45) is 1.49. The number of benzene rings is 2. The van der Waals surface area contributed by atoms with Crippen molar-refractivity contribution in [3.05, 3.63) is 77.0 Å². The van der Waals surface area contributed by atoms with Crippen LogP contribution >= 0.6 is 11.8 Å². The third-order valence-corrected chi connectivity index (χ3v) is 5.61. The van der Waals surface area contributed by atoms with Crippen LogP contribution in [0.4, 0.5) is 14.6 Å². The van der Waals surface area contributed by atoms with Gasteiger partial charge < -0.3 is 10.4 Å². The van der Waals surface area contributed by atoms with Crippen LogP contribution in [0.1, 0.15) is 26.7 Å². The van der Waals surface area contributed by atoms with Crippen molar-refractivity contribution in [2.75, 3.05) is 11.1 Å². The molecule has 2 heterocycles. The van der Waals surface area contributed by atoms with E-state index in [9.17, 15) is 18.4 Å². The first-order valence-corrected chi connectivity index (χ1v) is 9.27. The van der Waals surface area contributed by atoms with Crippen LogP contribution in [0.15, 0.2) is 48.7 Å². The zero-order valence-corrected chi connectivity index (χ0v) is 15.0.